The molecule has 3 rings (SSSR count). The molecule has 0 radical (unpaired) electrons. The number of aryl methyl sites for hydroxylation is 1. The topological polar surface area (TPSA) is 74.3 Å². The zero-order chi connectivity index (χ0) is 14.1. The summed E-state index contributed by atoms with van der Waals surface area (Å²) in [5, 5.41) is 6.94. The van der Waals surface area contributed by atoms with Crippen molar-refractivity contribution in [3.8, 4) is 0 Å². The van der Waals surface area contributed by atoms with Gasteiger partial charge in [0.05, 0.1) is 19.7 Å². The largest absolute Gasteiger partial charge is 0.366 e. The van der Waals surface area contributed by atoms with E-state index in [1.165, 1.54) is 12.8 Å². The van der Waals surface area contributed by atoms with E-state index in [9.17, 15) is 4.79 Å². The number of hydrogen-bond acceptors (Lipinski definition) is 5. The minimum Gasteiger partial charge on any atom is -0.366 e. The summed E-state index contributed by atoms with van der Waals surface area (Å²) in [5.41, 5.74) is 0. The first kappa shape index (κ1) is 13.5. The molecule has 2 heterocycles. The highest BCUT2D eigenvalue weighted by Gasteiger charge is 2.31. The van der Waals surface area contributed by atoms with E-state index in [4.69, 9.17) is 4.74 Å². The Morgan fingerprint density at radius 2 is 2.35 bits per heavy atom. The van der Waals surface area contributed by atoms with Crippen LogP contribution in [-0.2, 0) is 9.53 Å². The highest BCUT2D eigenvalue weighted by Crippen LogP contribution is 2.25. The predicted molar refractivity (Wildman–Crippen MR) is 72.0 cm³/mol. The van der Waals surface area contributed by atoms with Gasteiger partial charge >= 0.3 is 0 Å². The van der Waals surface area contributed by atoms with Gasteiger partial charge in [0, 0.05) is 12.6 Å². The third-order valence-electron chi connectivity index (χ3n) is 3.88. The number of nitrogens with one attached hydrogen (secondary N) is 1. The fraction of sp³-hybridized carbons (Fsp3) is 0.769. The van der Waals surface area contributed by atoms with Crippen molar-refractivity contribution in [1.82, 2.24) is 25.0 Å². The lowest BCUT2D eigenvalue weighted by molar-refractivity contribution is -0.140. The molecular weight excluding hydrogens is 258 g/mol. The lowest BCUT2D eigenvalue weighted by Crippen LogP contribution is -2.46. The van der Waals surface area contributed by atoms with E-state index in [0.29, 0.717) is 38.1 Å². The van der Waals surface area contributed by atoms with Crippen molar-refractivity contribution >= 4 is 5.91 Å². The molecule has 20 heavy (non-hydrogen) atoms. The molecular formula is C13H21N5O2. The standard InChI is InChI=1S/C13H21N5O2/c1-9-14-13(16-15-9)11-7-18(5-6-20-11)12(19)8-17(2)10-3-4-10/h10-11H,3-8H2,1-2H3,(H,14,15,16)/t11-/m0/s1. The van der Waals surface area contributed by atoms with E-state index in [0.717, 1.165) is 5.82 Å². The first-order valence-corrected chi connectivity index (χ1v) is 7.12. The molecule has 1 aliphatic heterocycles. The van der Waals surface area contributed by atoms with Crippen LogP contribution in [-0.4, -0.2) is 70.2 Å². The molecule has 1 saturated carbocycles. The quantitative estimate of drug-likeness (QED) is 0.846. The van der Waals surface area contributed by atoms with Crippen molar-refractivity contribution in [3.63, 3.8) is 0 Å². The molecule has 0 spiro atoms. The molecule has 0 bridgehead atoms. The number of H-pyrrole nitrogens is 1. The maximum absolute atomic E-state index is 12.3. The van der Waals surface area contributed by atoms with Crippen molar-refractivity contribution in [2.45, 2.75) is 31.9 Å². The van der Waals surface area contributed by atoms with Gasteiger partial charge in [-0.3, -0.25) is 14.8 Å². The van der Waals surface area contributed by atoms with Gasteiger partial charge in [0.2, 0.25) is 5.91 Å². The maximum atomic E-state index is 12.3. The predicted octanol–water partition coefficient (Wildman–Crippen LogP) is 0.107. The number of amides is 1. The van der Waals surface area contributed by atoms with Crippen LogP contribution in [0.4, 0.5) is 0 Å². The minimum atomic E-state index is -0.219. The smallest absolute Gasteiger partial charge is 0.236 e. The number of carbonyl (C=O) groups excluding carboxylic acids is 1. The number of aromatic nitrogens is 3. The number of hydrogen-bond donors (Lipinski definition) is 1. The Morgan fingerprint density at radius 1 is 1.55 bits per heavy atom. The molecule has 2 fully saturated rings. The van der Waals surface area contributed by atoms with Crippen molar-refractivity contribution in [1.29, 1.82) is 0 Å². The van der Waals surface area contributed by atoms with Crippen LogP contribution in [0.2, 0.25) is 0 Å². The van der Waals surface area contributed by atoms with Gasteiger partial charge in [-0.2, -0.15) is 5.10 Å². The SMILES string of the molecule is Cc1nc([C@@H]2CN(C(=O)CN(C)C3CC3)CCO2)n[nH]1. The Kier molecular flexibility index (Phi) is 3.71. The van der Waals surface area contributed by atoms with Crippen LogP contribution in [0.25, 0.3) is 0 Å². The summed E-state index contributed by atoms with van der Waals surface area (Å²) in [4.78, 5) is 20.6. The van der Waals surface area contributed by atoms with Crippen LogP contribution in [0.3, 0.4) is 0 Å². The third kappa shape index (κ3) is 2.99. The van der Waals surface area contributed by atoms with E-state index >= 15 is 0 Å². The first-order chi connectivity index (χ1) is 9.63. The number of rotatable bonds is 4. The summed E-state index contributed by atoms with van der Waals surface area (Å²) in [6, 6.07) is 0.603. The second-order valence-electron chi connectivity index (χ2n) is 5.62. The lowest BCUT2D eigenvalue weighted by Gasteiger charge is -2.32. The van der Waals surface area contributed by atoms with Gasteiger partial charge < -0.3 is 9.64 Å². The average molecular weight is 279 g/mol. The Morgan fingerprint density at radius 3 is 3.00 bits per heavy atom. The molecule has 1 N–H and O–H groups in total. The van der Waals surface area contributed by atoms with Gasteiger partial charge in [0.25, 0.3) is 0 Å². The number of morpholine rings is 1. The molecule has 1 saturated heterocycles. The highest BCUT2D eigenvalue weighted by atomic mass is 16.5. The van der Waals surface area contributed by atoms with Gasteiger partial charge in [-0.05, 0) is 26.8 Å². The van der Waals surface area contributed by atoms with Crippen LogP contribution < -0.4 is 0 Å². The zero-order valence-electron chi connectivity index (χ0n) is 12.0. The van der Waals surface area contributed by atoms with Gasteiger partial charge in [0.15, 0.2) is 5.82 Å². The average Bonchev–Trinajstić information content (AvgIpc) is 3.21. The first-order valence-electron chi connectivity index (χ1n) is 7.12. The van der Waals surface area contributed by atoms with E-state index in [2.05, 4.69) is 20.1 Å². The maximum Gasteiger partial charge on any atom is 0.236 e. The lowest BCUT2D eigenvalue weighted by atomic mass is 10.2. The molecule has 110 valence electrons. The monoisotopic (exact) mass is 279 g/mol. The second-order valence-corrected chi connectivity index (χ2v) is 5.62. The Bertz CT molecular complexity index is 485. The molecule has 7 heteroatoms. The molecule has 1 aromatic rings. The van der Waals surface area contributed by atoms with E-state index in [1.54, 1.807) is 0 Å². The van der Waals surface area contributed by atoms with Crippen molar-refractivity contribution < 1.29 is 9.53 Å². The summed E-state index contributed by atoms with van der Waals surface area (Å²) >= 11 is 0. The summed E-state index contributed by atoms with van der Waals surface area (Å²) in [5.74, 6) is 1.57. The van der Waals surface area contributed by atoms with E-state index in [-0.39, 0.29) is 12.0 Å². The number of ether oxygens (including phenoxy) is 1. The Balaban J connectivity index is 1.58. The van der Waals surface area contributed by atoms with Crippen LogP contribution >= 0.6 is 0 Å². The number of aromatic amines is 1. The van der Waals surface area contributed by atoms with Crippen molar-refractivity contribution in [2.24, 2.45) is 0 Å². The fourth-order valence-corrected chi connectivity index (χ4v) is 2.49. The van der Waals surface area contributed by atoms with E-state index < -0.39 is 0 Å². The zero-order valence-corrected chi connectivity index (χ0v) is 12.0. The third-order valence-corrected chi connectivity index (χ3v) is 3.88. The Labute approximate surface area is 118 Å². The summed E-state index contributed by atoms with van der Waals surface area (Å²) < 4.78 is 5.67. The molecule has 7 nitrogen and oxygen atoms in total. The van der Waals surface area contributed by atoms with E-state index in [1.807, 2.05) is 18.9 Å². The number of likely N-dealkylation sites (N-methyl/N-ethyl adjacent to an activating group) is 1. The van der Waals surface area contributed by atoms with Gasteiger partial charge in [0.1, 0.15) is 11.9 Å². The van der Waals surface area contributed by atoms with Crippen molar-refractivity contribution in [2.75, 3.05) is 33.3 Å². The molecule has 1 aromatic heterocycles. The van der Waals surface area contributed by atoms with Crippen LogP contribution in [0, 0.1) is 6.92 Å². The highest BCUT2D eigenvalue weighted by molar-refractivity contribution is 5.78. The van der Waals surface area contributed by atoms with Crippen LogP contribution in [0.5, 0.6) is 0 Å². The molecule has 0 aromatic carbocycles. The molecule has 0 unspecified atom stereocenters. The molecule has 1 amide bonds. The fourth-order valence-electron chi connectivity index (χ4n) is 2.49. The number of nitrogens with zero attached hydrogens (tertiary/aromatic N) is 4. The molecule has 1 aliphatic carbocycles. The van der Waals surface area contributed by atoms with Crippen LogP contribution in [0.15, 0.2) is 0 Å². The normalized spacial score (nSPS) is 23.4. The summed E-state index contributed by atoms with van der Waals surface area (Å²) in [7, 11) is 2.02. The molecule has 1 atom stereocenters. The summed E-state index contributed by atoms with van der Waals surface area (Å²) in [6.45, 7) is 4.07. The van der Waals surface area contributed by atoms with Crippen LogP contribution in [0.1, 0.15) is 30.6 Å². The number of carbonyl (C=O) groups is 1. The molecule has 2 aliphatic rings. The van der Waals surface area contributed by atoms with Gasteiger partial charge in [-0.15, -0.1) is 0 Å². The Hall–Kier alpha value is -1.47. The second kappa shape index (κ2) is 5.49. The minimum absolute atomic E-state index is 0.167. The van der Waals surface area contributed by atoms with Gasteiger partial charge in [-0.1, -0.05) is 0 Å². The van der Waals surface area contributed by atoms with Crippen molar-refractivity contribution in [3.05, 3.63) is 11.6 Å². The summed E-state index contributed by atoms with van der Waals surface area (Å²) in [6.07, 6.45) is 2.21. The van der Waals surface area contributed by atoms with Gasteiger partial charge in [-0.25, -0.2) is 4.98 Å².